The van der Waals surface area contributed by atoms with Gasteiger partial charge < -0.3 is 10.2 Å². The lowest BCUT2D eigenvalue weighted by atomic mass is 10.2. The van der Waals surface area contributed by atoms with Crippen molar-refractivity contribution in [3.8, 4) is 0 Å². The van der Waals surface area contributed by atoms with Crippen LogP contribution in [0.25, 0.3) is 10.9 Å². The summed E-state index contributed by atoms with van der Waals surface area (Å²) in [4.78, 5) is 13.8. The fourth-order valence-corrected chi connectivity index (χ4v) is 4.15. The summed E-state index contributed by atoms with van der Waals surface area (Å²) in [6, 6.07) is 7.85. The lowest BCUT2D eigenvalue weighted by Crippen LogP contribution is -2.39. The number of carbonyl (C=O) groups excluding carboxylic acids is 1. The van der Waals surface area contributed by atoms with Gasteiger partial charge in [-0.2, -0.15) is 5.10 Å². The highest BCUT2D eigenvalue weighted by molar-refractivity contribution is 7.89. The number of rotatable bonds is 6. The Hall–Kier alpha value is -2.13. The van der Waals surface area contributed by atoms with Gasteiger partial charge in [-0.25, -0.2) is 18.4 Å². The van der Waals surface area contributed by atoms with E-state index < -0.39 is 10.0 Å². The van der Waals surface area contributed by atoms with Crippen LogP contribution in [0.1, 0.15) is 12.8 Å². The minimum atomic E-state index is -3.49. The molecule has 2 amide bonds. The fraction of sp³-hybridized carbons (Fsp3) is 0.500. The number of hydrogen-bond acceptors (Lipinski definition) is 4. The first kappa shape index (κ1) is 17.7. The highest BCUT2D eigenvalue weighted by atomic mass is 32.2. The number of primary sulfonamides is 1. The van der Waals surface area contributed by atoms with Crippen LogP contribution in [-0.2, 0) is 16.6 Å². The molecule has 1 fully saturated rings. The number of aryl methyl sites for hydroxylation is 1. The van der Waals surface area contributed by atoms with E-state index >= 15 is 0 Å². The summed E-state index contributed by atoms with van der Waals surface area (Å²) in [5.74, 6) is -0.139. The number of likely N-dealkylation sites (tertiary alicyclic amines) is 1. The number of hydrogen-bond donors (Lipinski definition) is 2. The molecule has 25 heavy (non-hydrogen) atoms. The Balaban J connectivity index is 1.41. The quantitative estimate of drug-likeness (QED) is 0.736. The zero-order valence-electron chi connectivity index (χ0n) is 14.0. The number of fused-ring (bicyclic) bond motifs is 1. The topological polar surface area (TPSA) is 110 Å². The van der Waals surface area contributed by atoms with Crippen molar-refractivity contribution in [3.05, 3.63) is 30.5 Å². The number of sulfonamides is 1. The van der Waals surface area contributed by atoms with Gasteiger partial charge in [-0.15, -0.1) is 0 Å². The van der Waals surface area contributed by atoms with Crippen LogP contribution in [0.4, 0.5) is 4.79 Å². The molecule has 0 unspecified atom stereocenters. The predicted octanol–water partition coefficient (Wildman–Crippen LogP) is 0.746. The summed E-state index contributed by atoms with van der Waals surface area (Å²) < 4.78 is 24.2. The number of para-hydroxylation sites is 1. The first-order valence-electron chi connectivity index (χ1n) is 8.36. The maximum absolute atomic E-state index is 12.1. The van der Waals surface area contributed by atoms with Crippen LogP contribution < -0.4 is 10.5 Å². The van der Waals surface area contributed by atoms with Gasteiger partial charge in [0.05, 0.1) is 17.5 Å². The Morgan fingerprint density at radius 3 is 2.96 bits per heavy atom. The third-order valence-electron chi connectivity index (χ3n) is 4.42. The molecule has 1 saturated heterocycles. The van der Waals surface area contributed by atoms with Gasteiger partial charge in [0, 0.05) is 31.6 Å². The van der Waals surface area contributed by atoms with Crippen molar-refractivity contribution < 1.29 is 13.2 Å². The van der Waals surface area contributed by atoms with Crippen molar-refractivity contribution >= 4 is 27.0 Å². The van der Waals surface area contributed by atoms with Crippen LogP contribution in [0.3, 0.4) is 0 Å². The Morgan fingerprint density at radius 2 is 2.16 bits per heavy atom. The molecule has 0 saturated carbocycles. The monoisotopic (exact) mass is 365 g/mol. The van der Waals surface area contributed by atoms with Crippen LogP contribution in [-0.4, -0.2) is 54.5 Å². The van der Waals surface area contributed by atoms with Gasteiger partial charge in [0.2, 0.25) is 10.0 Å². The van der Waals surface area contributed by atoms with Crippen molar-refractivity contribution in [2.75, 3.05) is 25.4 Å². The Kier molecular flexibility index (Phi) is 5.24. The second-order valence-electron chi connectivity index (χ2n) is 6.44. The molecular formula is C16H23N5O3S. The van der Waals surface area contributed by atoms with E-state index in [0.29, 0.717) is 26.1 Å². The van der Waals surface area contributed by atoms with E-state index in [9.17, 15) is 13.2 Å². The van der Waals surface area contributed by atoms with Gasteiger partial charge in [0.25, 0.3) is 0 Å². The smallest absolute Gasteiger partial charge is 0.317 e. The second kappa shape index (κ2) is 7.40. The molecule has 0 aliphatic carbocycles. The standard InChI is InChI=1S/C16H23N5O3S/c17-25(23,24)12-13-6-9-20(11-13)16(22)18-7-3-8-21-15-5-2-1-4-14(15)10-19-21/h1-2,4-5,10,13H,3,6-9,11-12H2,(H,18,22)(H2,17,23,24)/t13-/m0/s1. The summed E-state index contributed by atoms with van der Waals surface area (Å²) in [6.45, 7) is 2.27. The van der Waals surface area contributed by atoms with E-state index in [0.717, 1.165) is 23.9 Å². The Labute approximate surface area is 147 Å². The SMILES string of the molecule is NS(=O)(=O)C[C@H]1CCN(C(=O)NCCCn2ncc3ccccc32)C1. The van der Waals surface area contributed by atoms with Crippen molar-refractivity contribution in [2.45, 2.75) is 19.4 Å². The zero-order chi connectivity index (χ0) is 17.9. The molecule has 2 heterocycles. The van der Waals surface area contributed by atoms with E-state index in [2.05, 4.69) is 10.4 Å². The average molecular weight is 365 g/mol. The molecule has 1 aliphatic rings. The molecule has 2 aromatic rings. The van der Waals surface area contributed by atoms with Crippen LogP contribution in [0.5, 0.6) is 0 Å². The third-order valence-corrected chi connectivity index (χ3v) is 5.35. The van der Waals surface area contributed by atoms with Gasteiger partial charge in [-0.05, 0) is 24.8 Å². The predicted molar refractivity (Wildman–Crippen MR) is 95.4 cm³/mol. The Morgan fingerprint density at radius 1 is 1.36 bits per heavy atom. The number of carbonyl (C=O) groups is 1. The summed E-state index contributed by atoms with van der Waals surface area (Å²) in [7, 11) is -3.49. The molecule has 3 N–H and O–H groups in total. The lowest BCUT2D eigenvalue weighted by molar-refractivity contribution is 0.207. The van der Waals surface area contributed by atoms with Gasteiger partial charge in [0.1, 0.15) is 0 Å². The van der Waals surface area contributed by atoms with E-state index in [1.807, 2.05) is 35.1 Å². The molecule has 9 heteroatoms. The maximum Gasteiger partial charge on any atom is 0.317 e. The number of amides is 2. The molecule has 136 valence electrons. The minimum Gasteiger partial charge on any atom is -0.338 e. The van der Waals surface area contributed by atoms with Crippen molar-refractivity contribution in [2.24, 2.45) is 11.1 Å². The largest absolute Gasteiger partial charge is 0.338 e. The van der Waals surface area contributed by atoms with E-state index in [-0.39, 0.29) is 17.7 Å². The van der Waals surface area contributed by atoms with Gasteiger partial charge >= 0.3 is 6.03 Å². The lowest BCUT2D eigenvalue weighted by Gasteiger charge is -2.17. The number of benzene rings is 1. The number of nitrogens with two attached hydrogens (primary N) is 1. The normalized spacial score (nSPS) is 18.0. The summed E-state index contributed by atoms with van der Waals surface area (Å²) in [6.07, 6.45) is 3.28. The van der Waals surface area contributed by atoms with Gasteiger partial charge in [-0.1, -0.05) is 18.2 Å². The van der Waals surface area contributed by atoms with Crippen molar-refractivity contribution in [3.63, 3.8) is 0 Å². The Bertz CT molecular complexity index is 848. The molecule has 1 atom stereocenters. The average Bonchev–Trinajstić information content (AvgIpc) is 3.17. The van der Waals surface area contributed by atoms with E-state index in [1.54, 1.807) is 4.90 Å². The summed E-state index contributed by atoms with van der Waals surface area (Å²) in [5, 5.41) is 13.4. The second-order valence-corrected chi connectivity index (χ2v) is 8.10. The molecule has 8 nitrogen and oxygen atoms in total. The number of nitrogens with one attached hydrogen (secondary N) is 1. The first-order chi connectivity index (χ1) is 11.9. The first-order valence-corrected chi connectivity index (χ1v) is 10.1. The van der Waals surface area contributed by atoms with E-state index in [1.165, 1.54) is 0 Å². The van der Waals surface area contributed by atoms with Crippen LogP contribution in [0.15, 0.2) is 30.5 Å². The molecule has 0 radical (unpaired) electrons. The molecule has 1 aromatic carbocycles. The third kappa shape index (κ3) is 4.70. The van der Waals surface area contributed by atoms with Gasteiger partial charge in [0.15, 0.2) is 0 Å². The molecule has 0 spiro atoms. The fourth-order valence-electron chi connectivity index (χ4n) is 3.22. The van der Waals surface area contributed by atoms with Crippen LogP contribution in [0.2, 0.25) is 0 Å². The zero-order valence-corrected chi connectivity index (χ0v) is 14.8. The molecule has 1 aliphatic heterocycles. The van der Waals surface area contributed by atoms with Gasteiger partial charge in [-0.3, -0.25) is 4.68 Å². The highest BCUT2D eigenvalue weighted by Gasteiger charge is 2.28. The highest BCUT2D eigenvalue weighted by Crippen LogP contribution is 2.17. The van der Waals surface area contributed by atoms with Crippen LogP contribution >= 0.6 is 0 Å². The maximum atomic E-state index is 12.1. The van der Waals surface area contributed by atoms with Crippen molar-refractivity contribution in [1.29, 1.82) is 0 Å². The molecule has 3 rings (SSSR count). The van der Waals surface area contributed by atoms with Crippen LogP contribution in [0, 0.1) is 5.92 Å². The minimum absolute atomic E-state index is 0.0663. The number of urea groups is 1. The van der Waals surface area contributed by atoms with E-state index in [4.69, 9.17) is 5.14 Å². The molecular weight excluding hydrogens is 342 g/mol. The summed E-state index contributed by atoms with van der Waals surface area (Å²) in [5.41, 5.74) is 1.08. The number of nitrogens with zero attached hydrogens (tertiary/aromatic N) is 3. The molecule has 0 bridgehead atoms. The molecule has 1 aromatic heterocycles. The van der Waals surface area contributed by atoms with Crippen molar-refractivity contribution in [1.82, 2.24) is 20.0 Å². The summed E-state index contributed by atoms with van der Waals surface area (Å²) >= 11 is 0. The number of aromatic nitrogens is 2.